The largest absolute Gasteiger partial charge is 0.355 e. The normalized spacial score (nSPS) is 24.6. The Balaban J connectivity index is 1.87. The molecule has 2 heteroatoms. The van der Waals surface area contributed by atoms with Gasteiger partial charge < -0.3 is 5.32 Å². The van der Waals surface area contributed by atoms with E-state index in [1.807, 2.05) is 6.07 Å². The third kappa shape index (κ3) is 5.36. The lowest BCUT2D eigenvalue weighted by Gasteiger charge is -2.42. The first-order valence-corrected chi connectivity index (χ1v) is 9.60. The Morgan fingerprint density at radius 1 is 1.21 bits per heavy atom. The van der Waals surface area contributed by atoms with Crippen LogP contribution >= 0.6 is 0 Å². The van der Waals surface area contributed by atoms with Gasteiger partial charge in [-0.3, -0.25) is 4.79 Å². The van der Waals surface area contributed by atoms with Crippen molar-refractivity contribution < 1.29 is 4.79 Å². The maximum Gasteiger partial charge on any atom is 0.220 e. The number of hydrogen-bond acceptors (Lipinski definition) is 1. The molecular weight excluding hydrogens is 294 g/mol. The zero-order valence-corrected chi connectivity index (χ0v) is 16.1. The van der Waals surface area contributed by atoms with E-state index in [0.29, 0.717) is 35.5 Å². The van der Waals surface area contributed by atoms with E-state index >= 15 is 0 Å². The third-order valence-electron chi connectivity index (χ3n) is 5.85. The van der Waals surface area contributed by atoms with E-state index in [9.17, 15) is 4.79 Å². The Bertz CT molecular complexity index is 520. The summed E-state index contributed by atoms with van der Waals surface area (Å²) in [6.07, 6.45) is 4.42. The van der Waals surface area contributed by atoms with E-state index in [2.05, 4.69) is 64.2 Å². The van der Waals surface area contributed by atoms with Crippen LogP contribution in [0, 0.1) is 23.2 Å². The molecular formula is C22H35NO. The molecule has 0 spiro atoms. The summed E-state index contributed by atoms with van der Waals surface area (Å²) in [5.74, 6) is 2.48. The van der Waals surface area contributed by atoms with Crippen molar-refractivity contribution in [1.82, 2.24) is 5.32 Å². The summed E-state index contributed by atoms with van der Waals surface area (Å²) in [7, 11) is 0. The van der Waals surface area contributed by atoms with Crippen LogP contribution in [-0.4, -0.2) is 12.5 Å². The van der Waals surface area contributed by atoms with Crippen LogP contribution in [0.3, 0.4) is 0 Å². The first-order valence-electron chi connectivity index (χ1n) is 9.60. The average Bonchev–Trinajstić information content (AvgIpc) is 2.52. The van der Waals surface area contributed by atoms with Crippen LogP contribution in [0.2, 0.25) is 0 Å². The first-order chi connectivity index (χ1) is 11.3. The van der Waals surface area contributed by atoms with Gasteiger partial charge in [-0.15, -0.1) is 0 Å². The van der Waals surface area contributed by atoms with Crippen molar-refractivity contribution in [2.24, 2.45) is 23.2 Å². The highest BCUT2D eigenvalue weighted by atomic mass is 16.1. The summed E-state index contributed by atoms with van der Waals surface area (Å²) < 4.78 is 0. The van der Waals surface area contributed by atoms with Crippen LogP contribution in [0.5, 0.6) is 0 Å². The summed E-state index contributed by atoms with van der Waals surface area (Å²) in [4.78, 5) is 12.5. The molecule has 1 aliphatic carbocycles. The lowest BCUT2D eigenvalue weighted by Crippen LogP contribution is -2.37. The fourth-order valence-corrected chi connectivity index (χ4v) is 4.33. The molecule has 1 amide bonds. The summed E-state index contributed by atoms with van der Waals surface area (Å²) in [6.45, 7) is 12.2. The Morgan fingerprint density at radius 3 is 2.50 bits per heavy atom. The van der Waals surface area contributed by atoms with Gasteiger partial charge >= 0.3 is 0 Å². The van der Waals surface area contributed by atoms with E-state index < -0.39 is 0 Å². The molecule has 0 radical (unpaired) electrons. The topological polar surface area (TPSA) is 29.1 Å². The fourth-order valence-electron chi connectivity index (χ4n) is 4.33. The van der Waals surface area contributed by atoms with Crippen LogP contribution < -0.4 is 5.32 Å². The van der Waals surface area contributed by atoms with Gasteiger partial charge in [0.25, 0.3) is 0 Å². The number of nitrogens with one attached hydrogen (secondary N) is 1. The van der Waals surface area contributed by atoms with Crippen molar-refractivity contribution in [2.75, 3.05) is 6.54 Å². The number of hydrogen-bond donors (Lipinski definition) is 1. The van der Waals surface area contributed by atoms with Crippen LogP contribution in [0.15, 0.2) is 30.3 Å². The zero-order valence-electron chi connectivity index (χ0n) is 16.1. The third-order valence-corrected chi connectivity index (χ3v) is 5.85. The van der Waals surface area contributed by atoms with E-state index in [4.69, 9.17) is 0 Å². The highest BCUT2D eigenvalue weighted by Crippen LogP contribution is 2.45. The van der Waals surface area contributed by atoms with Crippen molar-refractivity contribution in [2.45, 2.75) is 66.2 Å². The highest BCUT2D eigenvalue weighted by molar-refractivity contribution is 5.76. The summed E-state index contributed by atoms with van der Waals surface area (Å²) >= 11 is 0. The number of benzene rings is 1. The lowest BCUT2D eigenvalue weighted by atomic mass is 9.63. The van der Waals surface area contributed by atoms with Gasteiger partial charge in [0.15, 0.2) is 0 Å². The molecule has 2 rings (SSSR count). The molecule has 134 valence electrons. The van der Waals surface area contributed by atoms with Crippen LogP contribution in [-0.2, 0) is 4.79 Å². The van der Waals surface area contributed by atoms with Crippen molar-refractivity contribution >= 4 is 5.91 Å². The predicted octanol–water partition coefficient (Wildman–Crippen LogP) is 5.39. The van der Waals surface area contributed by atoms with Crippen LogP contribution in [0.4, 0.5) is 0 Å². The molecule has 0 heterocycles. The Morgan fingerprint density at radius 2 is 1.88 bits per heavy atom. The number of amides is 1. The maximum absolute atomic E-state index is 12.5. The quantitative estimate of drug-likeness (QED) is 0.744. The smallest absolute Gasteiger partial charge is 0.220 e. The Labute approximate surface area is 148 Å². The highest BCUT2D eigenvalue weighted by Gasteiger charge is 2.37. The molecule has 1 fully saturated rings. The molecule has 1 saturated carbocycles. The molecule has 2 nitrogen and oxygen atoms in total. The van der Waals surface area contributed by atoms with E-state index in [0.717, 1.165) is 6.54 Å². The molecule has 3 atom stereocenters. The minimum Gasteiger partial charge on any atom is -0.355 e. The maximum atomic E-state index is 12.5. The van der Waals surface area contributed by atoms with Crippen molar-refractivity contribution in [3.63, 3.8) is 0 Å². The number of carbonyl (C=O) groups excluding carboxylic acids is 1. The zero-order chi connectivity index (χ0) is 17.7. The van der Waals surface area contributed by atoms with E-state index in [-0.39, 0.29) is 5.91 Å². The molecule has 1 aliphatic rings. The molecule has 0 aromatic heterocycles. The second-order valence-electron chi connectivity index (χ2n) is 8.89. The fraction of sp³-hybridized carbons (Fsp3) is 0.682. The van der Waals surface area contributed by atoms with Crippen molar-refractivity contribution in [3.8, 4) is 0 Å². The second kappa shape index (κ2) is 8.18. The number of rotatable bonds is 6. The molecule has 0 saturated heterocycles. The summed E-state index contributed by atoms with van der Waals surface area (Å²) in [6, 6.07) is 10.4. The molecule has 1 aromatic carbocycles. The van der Waals surface area contributed by atoms with Crippen LogP contribution in [0.1, 0.15) is 71.8 Å². The van der Waals surface area contributed by atoms with Gasteiger partial charge in [0.1, 0.15) is 0 Å². The molecule has 0 bridgehead atoms. The van der Waals surface area contributed by atoms with Gasteiger partial charge in [0.05, 0.1) is 0 Å². The predicted molar refractivity (Wildman–Crippen MR) is 102 cm³/mol. The van der Waals surface area contributed by atoms with E-state index in [1.165, 1.54) is 24.8 Å². The average molecular weight is 330 g/mol. The van der Waals surface area contributed by atoms with Gasteiger partial charge in [-0.05, 0) is 53.9 Å². The number of carbonyl (C=O) groups is 1. The van der Waals surface area contributed by atoms with Gasteiger partial charge in [-0.25, -0.2) is 0 Å². The monoisotopic (exact) mass is 329 g/mol. The second-order valence-corrected chi connectivity index (χ2v) is 8.89. The Kier molecular flexibility index (Phi) is 6.48. The summed E-state index contributed by atoms with van der Waals surface area (Å²) in [5.41, 5.74) is 1.67. The standard InChI is InChI=1S/C22H35NO/c1-16(2)20-11-12-22(4,5)14-19(20)13-21(24)23-15-17(3)18-9-7-6-8-10-18/h6-10,16-17,19-20H,11-15H2,1-5H3,(H,23,24). The minimum atomic E-state index is 0.228. The molecule has 3 unspecified atom stereocenters. The van der Waals surface area contributed by atoms with Crippen molar-refractivity contribution in [1.29, 1.82) is 0 Å². The van der Waals surface area contributed by atoms with Gasteiger partial charge in [-0.2, -0.15) is 0 Å². The molecule has 0 aliphatic heterocycles. The Hall–Kier alpha value is -1.31. The van der Waals surface area contributed by atoms with Crippen LogP contribution in [0.25, 0.3) is 0 Å². The lowest BCUT2D eigenvalue weighted by molar-refractivity contribution is -0.123. The van der Waals surface area contributed by atoms with Gasteiger partial charge in [0, 0.05) is 13.0 Å². The SMILES string of the molecule is CC(CNC(=O)CC1CC(C)(C)CCC1C(C)C)c1ccccc1. The van der Waals surface area contributed by atoms with Gasteiger partial charge in [-0.1, -0.05) is 65.0 Å². The van der Waals surface area contributed by atoms with E-state index in [1.54, 1.807) is 0 Å². The van der Waals surface area contributed by atoms with Gasteiger partial charge in [0.2, 0.25) is 5.91 Å². The van der Waals surface area contributed by atoms with Crippen molar-refractivity contribution in [3.05, 3.63) is 35.9 Å². The minimum absolute atomic E-state index is 0.228. The summed E-state index contributed by atoms with van der Waals surface area (Å²) in [5, 5.41) is 3.18. The first kappa shape index (κ1) is 19.0. The molecule has 1 N–H and O–H groups in total. The molecule has 1 aromatic rings. The molecule has 24 heavy (non-hydrogen) atoms.